The van der Waals surface area contributed by atoms with Crippen LogP contribution in [0, 0.1) is 11.8 Å². The zero-order valence-electron chi connectivity index (χ0n) is 18.9. The first-order chi connectivity index (χ1) is 16.1. The number of nitrogens with zero attached hydrogens (tertiary/aromatic N) is 3. The van der Waals surface area contributed by atoms with Crippen LogP contribution in [0.3, 0.4) is 0 Å². The molecule has 7 heteroatoms. The van der Waals surface area contributed by atoms with E-state index in [4.69, 9.17) is 9.72 Å². The van der Waals surface area contributed by atoms with E-state index in [1.807, 2.05) is 49.4 Å². The minimum Gasteiger partial charge on any atom is -0.478 e. The van der Waals surface area contributed by atoms with E-state index in [2.05, 4.69) is 15.2 Å². The SMILES string of the molecule is CCOc1ccc(-c2cc(C(=O)NC3CC4CN(CCO)C[C@H]4C3)c3ccccc3n2)cn1. The molecule has 3 atom stereocenters. The molecule has 1 aromatic carbocycles. The van der Waals surface area contributed by atoms with Crippen molar-refractivity contribution in [2.45, 2.75) is 25.8 Å². The van der Waals surface area contributed by atoms with Gasteiger partial charge in [0.15, 0.2) is 0 Å². The van der Waals surface area contributed by atoms with Crippen molar-refractivity contribution in [3.63, 3.8) is 0 Å². The maximum Gasteiger partial charge on any atom is 0.252 e. The Bertz CT molecular complexity index is 1120. The maximum atomic E-state index is 13.4. The van der Waals surface area contributed by atoms with Crippen molar-refractivity contribution >= 4 is 16.8 Å². The van der Waals surface area contributed by atoms with Gasteiger partial charge < -0.3 is 20.1 Å². The molecule has 2 unspecified atom stereocenters. The van der Waals surface area contributed by atoms with Crippen LogP contribution in [0.2, 0.25) is 0 Å². The summed E-state index contributed by atoms with van der Waals surface area (Å²) in [4.78, 5) is 24.9. The molecule has 3 aromatic rings. The molecule has 2 N–H and O–H groups in total. The van der Waals surface area contributed by atoms with Crippen molar-refractivity contribution in [3.8, 4) is 17.1 Å². The van der Waals surface area contributed by atoms with Crippen LogP contribution in [0.25, 0.3) is 22.2 Å². The number of amides is 1. The van der Waals surface area contributed by atoms with Crippen LogP contribution >= 0.6 is 0 Å². The number of pyridine rings is 2. The van der Waals surface area contributed by atoms with Gasteiger partial charge in [0.1, 0.15) is 0 Å². The number of ether oxygens (including phenoxy) is 1. The van der Waals surface area contributed by atoms with Crippen molar-refractivity contribution in [2.24, 2.45) is 11.8 Å². The molecule has 1 aliphatic carbocycles. The summed E-state index contributed by atoms with van der Waals surface area (Å²) in [7, 11) is 0. The van der Waals surface area contributed by atoms with E-state index < -0.39 is 0 Å². The van der Waals surface area contributed by atoms with Gasteiger partial charge in [-0.25, -0.2) is 9.97 Å². The van der Waals surface area contributed by atoms with Crippen LogP contribution in [0.1, 0.15) is 30.1 Å². The fourth-order valence-electron chi connectivity index (χ4n) is 5.38. The van der Waals surface area contributed by atoms with Crippen LogP contribution in [0.5, 0.6) is 5.88 Å². The molecule has 2 aromatic heterocycles. The topological polar surface area (TPSA) is 87.6 Å². The fourth-order valence-corrected chi connectivity index (χ4v) is 5.38. The van der Waals surface area contributed by atoms with Crippen LogP contribution in [0.15, 0.2) is 48.7 Å². The van der Waals surface area contributed by atoms with Crippen molar-refractivity contribution in [1.29, 1.82) is 0 Å². The normalized spacial score (nSPS) is 22.4. The smallest absolute Gasteiger partial charge is 0.252 e. The molecule has 0 spiro atoms. The number of benzene rings is 1. The lowest BCUT2D eigenvalue weighted by Crippen LogP contribution is -2.35. The number of likely N-dealkylation sites (tertiary alicyclic amines) is 1. The zero-order valence-corrected chi connectivity index (χ0v) is 18.9. The van der Waals surface area contributed by atoms with Gasteiger partial charge in [0.25, 0.3) is 5.91 Å². The highest BCUT2D eigenvalue weighted by atomic mass is 16.5. The second kappa shape index (κ2) is 9.45. The minimum atomic E-state index is -0.0501. The highest BCUT2D eigenvalue weighted by Gasteiger charge is 2.41. The number of aliphatic hydroxyl groups is 1. The quantitative estimate of drug-likeness (QED) is 0.580. The number of hydrogen-bond donors (Lipinski definition) is 2. The molecular weight excluding hydrogens is 416 g/mol. The van der Waals surface area contributed by atoms with Gasteiger partial charge in [0, 0.05) is 48.9 Å². The van der Waals surface area contributed by atoms with Crippen LogP contribution in [0.4, 0.5) is 0 Å². The molecule has 2 fully saturated rings. The Morgan fingerprint density at radius 1 is 1.18 bits per heavy atom. The van der Waals surface area contributed by atoms with Crippen molar-refractivity contribution < 1.29 is 14.6 Å². The van der Waals surface area contributed by atoms with Gasteiger partial charge in [0.2, 0.25) is 5.88 Å². The van der Waals surface area contributed by atoms with Gasteiger partial charge in [-0.05, 0) is 49.8 Å². The number of fused-ring (bicyclic) bond motifs is 2. The standard InChI is InChI=1S/C26H30N4O3/c1-2-33-25-8-7-17(14-27-25)24-13-22(21-5-3-4-6-23(21)29-24)26(32)28-20-11-18-15-30(9-10-31)16-19(18)12-20/h3-8,13-14,18-20,31H,2,9-12,15-16H2,1H3,(H,28,32)/t18-,19?,20?/m1/s1. The third kappa shape index (κ3) is 4.56. The predicted octanol–water partition coefficient (Wildman–Crippen LogP) is 3.13. The lowest BCUT2D eigenvalue weighted by molar-refractivity contribution is 0.0936. The Hall–Kier alpha value is -3.03. The molecular formula is C26H30N4O3. The van der Waals surface area contributed by atoms with Gasteiger partial charge in [-0.3, -0.25) is 4.79 Å². The van der Waals surface area contributed by atoms with Gasteiger partial charge in [-0.15, -0.1) is 0 Å². The van der Waals surface area contributed by atoms with E-state index in [9.17, 15) is 9.90 Å². The van der Waals surface area contributed by atoms with Crippen molar-refractivity contribution in [2.75, 3.05) is 32.8 Å². The highest BCUT2D eigenvalue weighted by Crippen LogP contribution is 2.38. The Labute approximate surface area is 193 Å². The first-order valence-corrected chi connectivity index (χ1v) is 11.8. The fraction of sp³-hybridized carbons (Fsp3) is 0.423. The average molecular weight is 447 g/mol. The largest absolute Gasteiger partial charge is 0.478 e. The van der Waals surface area contributed by atoms with E-state index in [1.54, 1.807) is 6.20 Å². The summed E-state index contributed by atoms with van der Waals surface area (Å²) in [6.07, 6.45) is 3.73. The average Bonchev–Trinajstić information content (AvgIpc) is 3.37. The third-order valence-electron chi connectivity index (χ3n) is 6.86. The number of aliphatic hydroxyl groups excluding tert-OH is 1. The number of rotatable bonds is 7. The number of carbonyl (C=O) groups is 1. The molecule has 1 aliphatic heterocycles. The number of carbonyl (C=O) groups excluding carboxylic acids is 1. The number of β-amino-alcohol motifs (C(OH)–C–C–N with tert-alkyl or cyclic N) is 1. The molecule has 1 saturated carbocycles. The number of para-hydroxylation sites is 1. The second-order valence-corrected chi connectivity index (χ2v) is 9.04. The van der Waals surface area contributed by atoms with E-state index in [0.29, 0.717) is 29.9 Å². The molecule has 1 saturated heterocycles. The van der Waals surface area contributed by atoms with E-state index in [0.717, 1.165) is 54.6 Å². The molecule has 3 heterocycles. The van der Waals surface area contributed by atoms with Crippen LogP contribution in [-0.4, -0.2) is 64.8 Å². The molecule has 0 radical (unpaired) electrons. The highest BCUT2D eigenvalue weighted by molar-refractivity contribution is 6.07. The summed E-state index contributed by atoms with van der Waals surface area (Å²) in [6.45, 7) is 5.48. The zero-order chi connectivity index (χ0) is 22.8. The molecule has 5 rings (SSSR count). The number of nitrogens with one attached hydrogen (secondary N) is 1. The van der Waals surface area contributed by atoms with E-state index in [1.165, 1.54) is 0 Å². The Morgan fingerprint density at radius 3 is 2.67 bits per heavy atom. The number of aromatic nitrogens is 2. The molecule has 2 aliphatic rings. The van der Waals surface area contributed by atoms with Gasteiger partial charge in [-0.1, -0.05) is 18.2 Å². The van der Waals surface area contributed by atoms with Gasteiger partial charge in [-0.2, -0.15) is 0 Å². The summed E-state index contributed by atoms with van der Waals surface area (Å²) in [5.41, 5.74) is 3.00. The lowest BCUT2D eigenvalue weighted by atomic mass is 10.0. The van der Waals surface area contributed by atoms with Crippen LogP contribution < -0.4 is 10.1 Å². The second-order valence-electron chi connectivity index (χ2n) is 9.04. The van der Waals surface area contributed by atoms with Crippen molar-refractivity contribution in [1.82, 2.24) is 20.2 Å². The number of hydrogen-bond acceptors (Lipinski definition) is 6. The van der Waals surface area contributed by atoms with Crippen LogP contribution in [-0.2, 0) is 0 Å². The lowest BCUT2D eigenvalue weighted by Gasteiger charge is -2.19. The predicted molar refractivity (Wildman–Crippen MR) is 127 cm³/mol. The molecule has 7 nitrogen and oxygen atoms in total. The molecule has 33 heavy (non-hydrogen) atoms. The monoisotopic (exact) mass is 446 g/mol. The first-order valence-electron chi connectivity index (χ1n) is 11.8. The van der Waals surface area contributed by atoms with Gasteiger partial charge in [0.05, 0.1) is 30.0 Å². The summed E-state index contributed by atoms with van der Waals surface area (Å²) in [5, 5.41) is 13.4. The van der Waals surface area contributed by atoms with E-state index >= 15 is 0 Å². The summed E-state index contributed by atoms with van der Waals surface area (Å²) >= 11 is 0. The molecule has 172 valence electrons. The summed E-state index contributed by atoms with van der Waals surface area (Å²) in [5.74, 6) is 1.72. The minimum absolute atomic E-state index is 0.0501. The Kier molecular flexibility index (Phi) is 6.24. The van der Waals surface area contributed by atoms with E-state index in [-0.39, 0.29) is 18.6 Å². The summed E-state index contributed by atoms with van der Waals surface area (Å²) < 4.78 is 5.44. The molecule has 1 amide bonds. The third-order valence-corrected chi connectivity index (χ3v) is 6.86. The Morgan fingerprint density at radius 2 is 1.97 bits per heavy atom. The Balaban J connectivity index is 1.37. The van der Waals surface area contributed by atoms with Crippen molar-refractivity contribution in [3.05, 3.63) is 54.2 Å². The summed E-state index contributed by atoms with van der Waals surface area (Å²) in [6, 6.07) is 13.6. The molecule has 0 bridgehead atoms. The first kappa shape index (κ1) is 21.8. The van der Waals surface area contributed by atoms with Gasteiger partial charge >= 0.3 is 0 Å². The maximum absolute atomic E-state index is 13.4.